The predicted molar refractivity (Wildman–Crippen MR) is 101 cm³/mol. The molecule has 0 radical (unpaired) electrons. The second-order valence-electron chi connectivity index (χ2n) is 3.59. The third kappa shape index (κ3) is 14.3. The topological polar surface area (TPSA) is 0 Å². The maximum atomic E-state index is 2.30. The molecular formula is C16H22I4-2. The van der Waals surface area contributed by atoms with Gasteiger partial charge in [-0.15, -0.1) is 0 Å². The van der Waals surface area contributed by atoms with E-state index >= 15 is 0 Å². The lowest BCUT2D eigenvalue weighted by molar-refractivity contribution is -0.001000. The van der Waals surface area contributed by atoms with Crippen LogP contribution >= 0.6 is 45.2 Å². The van der Waals surface area contributed by atoms with Gasteiger partial charge >= 0.3 is 0 Å². The summed E-state index contributed by atoms with van der Waals surface area (Å²) in [5, 5.41) is 0. The molecule has 2 aromatic carbocycles. The predicted octanol–water partition coefficient (Wildman–Crippen LogP) is 0.479. The molecule has 0 N–H and O–H groups in total. The molecule has 0 saturated carbocycles. The van der Waals surface area contributed by atoms with Crippen LogP contribution in [-0.2, 0) is 0 Å². The summed E-state index contributed by atoms with van der Waals surface area (Å²) in [5.41, 5.74) is 2.65. The molecule has 0 spiro atoms. The van der Waals surface area contributed by atoms with E-state index in [1.54, 1.807) is 0 Å². The SMILES string of the molecule is C.C.Cc1ccc([123I])cc1.Cc1ccc([127I])cc1.[123I-].[127I-]. The number of rotatable bonds is 0. The van der Waals surface area contributed by atoms with E-state index in [9.17, 15) is 0 Å². The van der Waals surface area contributed by atoms with Gasteiger partial charge in [0, 0.05) is 7.14 Å². The van der Waals surface area contributed by atoms with Crippen molar-refractivity contribution < 1.29 is 48.0 Å². The zero-order valence-electron chi connectivity index (χ0n) is 10.1. The summed E-state index contributed by atoms with van der Waals surface area (Å²) in [5.74, 6) is 0. The molecule has 0 aliphatic heterocycles. The summed E-state index contributed by atoms with van der Waals surface area (Å²) in [4.78, 5) is 0. The van der Waals surface area contributed by atoms with E-state index in [4.69, 9.17) is 0 Å². The number of benzene rings is 2. The van der Waals surface area contributed by atoms with Gasteiger partial charge in [-0.3, -0.25) is 0 Å². The highest BCUT2D eigenvalue weighted by molar-refractivity contribution is 14.1. The van der Waals surface area contributed by atoms with Crippen LogP contribution in [0.2, 0.25) is 0 Å². The smallest absolute Gasteiger partial charge is 0.0130 e. The van der Waals surface area contributed by atoms with Crippen molar-refractivity contribution in [3.63, 3.8) is 0 Å². The minimum Gasteiger partial charge on any atom is -1.00 e. The number of aryl methyl sites for hydroxylation is 2. The van der Waals surface area contributed by atoms with Gasteiger partial charge in [0.05, 0.1) is 0 Å². The normalized spacial score (nSPS) is 7.40. The summed E-state index contributed by atoms with van der Waals surface area (Å²) in [6.45, 7) is 4.19. The number of hydrogen-bond donors (Lipinski definition) is 0. The van der Waals surface area contributed by atoms with Crippen molar-refractivity contribution >= 4 is 45.2 Å². The van der Waals surface area contributed by atoms with Crippen LogP contribution in [0.4, 0.5) is 0 Å². The van der Waals surface area contributed by atoms with E-state index in [0.29, 0.717) is 0 Å². The van der Waals surface area contributed by atoms with Crippen LogP contribution in [0.25, 0.3) is 0 Å². The van der Waals surface area contributed by atoms with Crippen molar-refractivity contribution in [2.75, 3.05) is 0 Å². The molecule has 0 unspecified atom stereocenters. The Balaban J connectivity index is -0.000000107. The van der Waals surface area contributed by atoms with Gasteiger partial charge in [-0.1, -0.05) is 50.2 Å². The molecule has 0 saturated heterocycles. The van der Waals surface area contributed by atoms with Gasteiger partial charge in [0.25, 0.3) is 0 Å². The quantitative estimate of drug-likeness (QED) is 0.349. The second kappa shape index (κ2) is 16.7. The lowest BCUT2D eigenvalue weighted by Crippen LogP contribution is -3.00. The minimum atomic E-state index is 0. The zero-order chi connectivity index (χ0) is 12.0. The molecule has 0 aromatic heterocycles. The van der Waals surface area contributed by atoms with Crippen molar-refractivity contribution in [3.05, 3.63) is 66.8 Å². The molecule has 0 amide bonds. The fourth-order valence-corrected chi connectivity index (χ4v) is 1.79. The molecule has 0 heterocycles. The summed E-state index contributed by atoms with van der Waals surface area (Å²) in [6.07, 6.45) is 0. The van der Waals surface area contributed by atoms with Crippen LogP contribution in [0.15, 0.2) is 48.5 Å². The standard InChI is InChI=1S/2C7H7I.2CH4.2HI/c2*1-6-2-4-7(8)5-3-6;;;;/h2*2-5H,1H3;2*1H4;2*1H/p-2/i8+0;8-4;;;1+0;1-4. The number of halogens is 4. The van der Waals surface area contributed by atoms with Crippen LogP contribution in [0.1, 0.15) is 26.0 Å². The van der Waals surface area contributed by atoms with Gasteiger partial charge < -0.3 is 48.0 Å². The molecule has 2 rings (SSSR count). The third-order valence-corrected chi connectivity index (χ3v) is 3.46. The molecule has 0 atom stereocenters. The Morgan fingerprint density at radius 2 is 1.05 bits per heavy atom. The number of hydrogen-bond acceptors (Lipinski definition) is 0. The van der Waals surface area contributed by atoms with Gasteiger partial charge in [0.15, 0.2) is 0 Å². The van der Waals surface area contributed by atoms with Crippen LogP contribution in [0.5, 0.6) is 0 Å². The highest BCUT2D eigenvalue weighted by Gasteiger charge is 1.82. The first-order valence-corrected chi connectivity index (χ1v) is 7.18. The van der Waals surface area contributed by atoms with Gasteiger partial charge in [0.1, 0.15) is 0 Å². The molecule has 0 bridgehead atoms. The Labute approximate surface area is 186 Å². The first-order valence-electron chi connectivity index (χ1n) is 5.02. The highest BCUT2D eigenvalue weighted by atomic mass is 127. The lowest BCUT2D eigenvalue weighted by atomic mass is 10.2. The van der Waals surface area contributed by atoms with E-state index in [2.05, 4.69) is 108 Å². The Morgan fingerprint density at radius 3 is 1.30 bits per heavy atom. The Bertz CT molecular complexity index is 336. The summed E-state index contributed by atoms with van der Waals surface area (Å²) in [6, 6.07) is 16.9. The zero-order valence-corrected chi connectivity index (χ0v) is 18.8. The summed E-state index contributed by atoms with van der Waals surface area (Å²) in [7, 11) is 0. The maximum absolute atomic E-state index is 2.30. The largest absolute Gasteiger partial charge is 1.00 e. The molecule has 116 valence electrons. The van der Waals surface area contributed by atoms with Crippen molar-refractivity contribution in [2.24, 2.45) is 0 Å². The van der Waals surface area contributed by atoms with Crippen LogP contribution in [0.3, 0.4) is 0 Å². The monoisotopic (exact) mass is 714 g/mol. The van der Waals surface area contributed by atoms with Crippen molar-refractivity contribution in [2.45, 2.75) is 28.7 Å². The van der Waals surface area contributed by atoms with Gasteiger partial charge in [-0.05, 0) is 83.3 Å². The van der Waals surface area contributed by atoms with E-state index in [0.717, 1.165) is 0 Å². The fraction of sp³-hybridized carbons (Fsp3) is 0.250. The van der Waals surface area contributed by atoms with Crippen LogP contribution < -0.4 is 48.0 Å². The molecule has 4 heteroatoms. The summed E-state index contributed by atoms with van der Waals surface area (Å²) < 4.78 is 2.60. The van der Waals surface area contributed by atoms with Gasteiger partial charge in [0.2, 0.25) is 0 Å². The molecule has 0 fully saturated rings. The molecule has 20 heavy (non-hydrogen) atoms. The van der Waals surface area contributed by atoms with Crippen molar-refractivity contribution in [1.82, 2.24) is 0 Å². The van der Waals surface area contributed by atoms with E-state index in [1.165, 1.54) is 18.3 Å². The third-order valence-electron chi connectivity index (χ3n) is 2.02. The highest BCUT2D eigenvalue weighted by Crippen LogP contribution is 2.05. The van der Waals surface area contributed by atoms with Gasteiger partial charge in [-0.2, -0.15) is 0 Å². The Hall–Kier alpha value is 1.36. The van der Waals surface area contributed by atoms with Crippen LogP contribution in [0, 0.1) is 21.0 Å². The van der Waals surface area contributed by atoms with E-state index in [1.807, 2.05) is 0 Å². The fourth-order valence-electron chi connectivity index (χ4n) is 1.07. The average molecular weight is 714 g/mol. The molecular weight excluding hydrogens is 692 g/mol. The first kappa shape index (κ1) is 29.4. The van der Waals surface area contributed by atoms with Gasteiger partial charge in [-0.25, -0.2) is 0 Å². The molecule has 0 aliphatic carbocycles. The van der Waals surface area contributed by atoms with Crippen molar-refractivity contribution in [3.8, 4) is 0 Å². The van der Waals surface area contributed by atoms with E-state index < -0.39 is 0 Å². The Morgan fingerprint density at radius 1 is 0.750 bits per heavy atom. The average Bonchev–Trinajstić information content (AvgIpc) is 2.28. The molecule has 0 nitrogen and oxygen atoms in total. The molecule has 0 aliphatic rings. The molecule has 2 aromatic rings. The van der Waals surface area contributed by atoms with Crippen LogP contribution in [-0.4, -0.2) is 0 Å². The minimum absolute atomic E-state index is 0. The summed E-state index contributed by atoms with van der Waals surface area (Å²) >= 11 is 4.59. The Kier molecular flexibility index (Phi) is 24.6. The first-order chi connectivity index (χ1) is 7.58. The second-order valence-corrected chi connectivity index (χ2v) is 6.08. The maximum Gasteiger partial charge on any atom is 0.0130 e. The van der Waals surface area contributed by atoms with E-state index in [-0.39, 0.29) is 62.8 Å². The lowest BCUT2D eigenvalue weighted by Gasteiger charge is -1.88. The van der Waals surface area contributed by atoms with Crippen molar-refractivity contribution in [1.29, 1.82) is 0 Å².